The smallest absolute Gasteiger partial charge is 0.331 e. The number of esters is 1. The van der Waals surface area contributed by atoms with Gasteiger partial charge in [0, 0.05) is 16.7 Å². The highest BCUT2D eigenvalue weighted by molar-refractivity contribution is 6.31. The van der Waals surface area contributed by atoms with Gasteiger partial charge >= 0.3 is 5.97 Å². The average Bonchev–Trinajstić information content (AvgIpc) is 2.94. The highest BCUT2D eigenvalue weighted by Gasteiger charge is 2.05. The minimum Gasteiger partial charge on any atom is -0.457 e. The van der Waals surface area contributed by atoms with Gasteiger partial charge in [-0.05, 0) is 36.8 Å². The van der Waals surface area contributed by atoms with Gasteiger partial charge in [-0.3, -0.25) is 0 Å². The second-order valence-corrected chi connectivity index (χ2v) is 4.72. The van der Waals surface area contributed by atoms with Crippen molar-refractivity contribution in [2.24, 2.45) is 0 Å². The van der Waals surface area contributed by atoms with Gasteiger partial charge < -0.3 is 9.15 Å². The van der Waals surface area contributed by atoms with Gasteiger partial charge in [0.05, 0.1) is 0 Å². The van der Waals surface area contributed by atoms with Crippen LogP contribution in [0.2, 0.25) is 5.02 Å². The van der Waals surface area contributed by atoms with Crippen LogP contribution in [-0.2, 0) is 9.53 Å². The number of aryl methyl sites for hydroxylation is 1. The predicted octanol–water partition coefficient (Wildman–Crippen LogP) is 4.10. The molecule has 106 valence electrons. The van der Waals surface area contributed by atoms with Gasteiger partial charge in [-0.2, -0.15) is 0 Å². The molecule has 0 saturated carbocycles. The highest BCUT2D eigenvalue weighted by atomic mass is 35.5. The molecule has 3 nitrogen and oxygen atoms in total. The molecular weight excluding hydrogens is 288 g/mol. The molecule has 0 amide bonds. The van der Waals surface area contributed by atoms with Crippen LogP contribution < -0.4 is 0 Å². The number of benzene rings is 1. The first-order valence-electron chi connectivity index (χ1n) is 6.25. The number of terminal acetylenes is 1. The molecule has 0 atom stereocenters. The Morgan fingerprint density at radius 1 is 1.43 bits per heavy atom. The molecule has 21 heavy (non-hydrogen) atoms. The largest absolute Gasteiger partial charge is 0.457 e. The van der Waals surface area contributed by atoms with E-state index in [0.717, 1.165) is 11.1 Å². The Hall–Kier alpha value is -2.44. The fourth-order valence-corrected chi connectivity index (χ4v) is 1.84. The minimum atomic E-state index is -0.510. The SMILES string of the molecule is C#CCOC(=O)/C=C/c1ccc(-c2ccc(C)c(Cl)c2)o1. The Balaban J connectivity index is 2.11. The lowest BCUT2D eigenvalue weighted by Crippen LogP contribution is -1.99. The Morgan fingerprint density at radius 2 is 2.24 bits per heavy atom. The molecule has 0 spiro atoms. The molecule has 0 radical (unpaired) electrons. The number of hydrogen-bond donors (Lipinski definition) is 0. The topological polar surface area (TPSA) is 39.4 Å². The van der Waals surface area contributed by atoms with E-state index in [0.29, 0.717) is 16.5 Å². The second-order valence-electron chi connectivity index (χ2n) is 4.31. The van der Waals surface area contributed by atoms with Crippen molar-refractivity contribution in [1.82, 2.24) is 0 Å². The molecular formula is C17H13ClO3. The highest BCUT2D eigenvalue weighted by Crippen LogP contribution is 2.27. The van der Waals surface area contributed by atoms with Crippen LogP contribution in [0.1, 0.15) is 11.3 Å². The molecule has 1 aromatic carbocycles. The third-order valence-corrected chi connectivity index (χ3v) is 3.17. The summed E-state index contributed by atoms with van der Waals surface area (Å²) in [6.45, 7) is 1.89. The molecule has 0 aliphatic rings. The summed E-state index contributed by atoms with van der Waals surface area (Å²) in [6, 6.07) is 9.26. The van der Waals surface area contributed by atoms with Crippen molar-refractivity contribution in [2.75, 3.05) is 6.61 Å². The number of carbonyl (C=O) groups excluding carboxylic acids is 1. The zero-order chi connectivity index (χ0) is 15.2. The monoisotopic (exact) mass is 300 g/mol. The summed E-state index contributed by atoms with van der Waals surface area (Å²) < 4.78 is 10.3. The van der Waals surface area contributed by atoms with Crippen molar-refractivity contribution < 1.29 is 13.9 Å². The maximum atomic E-state index is 11.3. The standard InChI is InChI=1S/C17H13ClO3/c1-3-10-20-17(19)9-7-14-6-8-16(21-14)13-5-4-12(2)15(18)11-13/h1,4-9,11H,10H2,2H3/b9-7+. The summed E-state index contributed by atoms with van der Waals surface area (Å²) in [5.41, 5.74) is 1.88. The van der Waals surface area contributed by atoms with Crippen LogP contribution in [0, 0.1) is 19.3 Å². The zero-order valence-electron chi connectivity index (χ0n) is 11.4. The van der Waals surface area contributed by atoms with Crippen LogP contribution in [0.25, 0.3) is 17.4 Å². The van der Waals surface area contributed by atoms with E-state index in [1.54, 1.807) is 6.07 Å². The lowest BCUT2D eigenvalue weighted by Gasteiger charge is -2.00. The maximum Gasteiger partial charge on any atom is 0.331 e. The van der Waals surface area contributed by atoms with Gasteiger partial charge in [0.15, 0.2) is 6.61 Å². The van der Waals surface area contributed by atoms with Crippen LogP contribution in [0.4, 0.5) is 0 Å². The number of halogens is 1. The quantitative estimate of drug-likeness (QED) is 0.485. The summed E-state index contributed by atoms with van der Waals surface area (Å²) in [6.07, 6.45) is 7.79. The number of carbonyl (C=O) groups is 1. The van der Waals surface area contributed by atoms with Gasteiger partial charge in [-0.1, -0.05) is 29.7 Å². The molecule has 1 heterocycles. The van der Waals surface area contributed by atoms with Gasteiger partial charge in [0.2, 0.25) is 0 Å². The Morgan fingerprint density at radius 3 is 2.95 bits per heavy atom. The molecule has 2 rings (SSSR count). The van der Waals surface area contributed by atoms with Crippen molar-refractivity contribution >= 4 is 23.6 Å². The molecule has 0 bridgehead atoms. The third-order valence-electron chi connectivity index (χ3n) is 2.76. The predicted molar refractivity (Wildman–Crippen MR) is 82.7 cm³/mol. The van der Waals surface area contributed by atoms with E-state index >= 15 is 0 Å². The van der Waals surface area contributed by atoms with Crippen LogP contribution >= 0.6 is 11.6 Å². The Bertz CT molecular complexity index is 720. The Labute approximate surface area is 128 Å². The van der Waals surface area contributed by atoms with E-state index in [4.69, 9.17) is 27.2 Å². The zero-order valence-corrected chi connectivity index (χ0v) is 12.2. The molecule has 1 aromatic heterocycles. The van der Waals surface area contributed by atoms with E-state index in [1.165, 1.54) is 12.2 Å². The van der Waals surface area contributed by atoms with Crippen LogP contribution in [-0.4, -0.2) is 12.6 Å². The summed E-state index contributed by atoms with van der Waals surface area (Å²) in [7, 11) is 0. The summed E-state index contributed by atoms with van der Waals surface area (Å²) in [5.74, 6) is 2.93. The molecule has 0 unspecified atom stereocenters. The summed E-state index contributed by atoms with van der Waals surface area (Å²) in [5, 5.41) is 0.679. The van der Waals surface area contributed by atoms with E-state index in [-0.39, 0.29) is 6.61 Å². The van der Waals surface area contributed by atoms with E-state index in [2.05, 4.69) is 5.92 Å². The van der Waals surface area contributed by atoms with E-state index in [1.807, 2.05) is 31.2 Å². The number of hydrogen-bond acceptors (Lipinski definition) is 3. The molecule has 0 N–H and O–H groups in total. The normalized spacial score (nSPS) is 10.5. The third kappa shape index (κ3) is 4.01. The van der Waals surface area contributed by atoms with Gasteiger partial charge in [-0.25, -0.2) is 4.79 Å². The van der Waals surface area contributed by atoms with Gasteiger partial charge in [0.25, 0.3) is 0 Å². The molecule has 2 aromatic rings. The van der Waals surface area contributed by atoms with Crippen LogP contribution in [0.15, 0.2) is 40.8 Å². The number of furan rings is 1. The first kappa shape index (κ1) is 15.0. The van der Waals surface area contributed by atoms with Crippen molar-refractivity contribution in [3.63, 3.8) is 0 Å². The average molecular weight is 301 g/mol. The maximum absolute atomic E-state index is 11.3. The lowest BCUT2D eigenvalue weighted by molar-refractivity contribution is -0.136. The summed E-state index contributed by atoms with van der Waals surface area (Å²) >= 11 is 6.09. The van der Waals surface area contributed by atoms with Gasteiger partial charge in [0.1, 0.15) is 11.5 Å². The number of ether oxygens (including phenoxy) is 1. The van der Waals surface area contributed by atoms with Crippen molar-refractivity contribution in [3.05, 3.63) is 52.8 Å². The summed E-state index contributed by atoms with van der Waals surface area (Å²) in [4.78, 5) is 11.3. The van der Waals surface area contributed by atoms with Crippen molar-refractivity contribution in [3.8, 4) is 23.7 Å². The Kier molecular flexibility index (Phi) is 4.86. The minimum absolute atomic E-state index is 0.0472. The molecule has 0 saturated heterocycles. The van der Waals surface area contributed by atoms with Crippen molar-refractivity contribution in [1.29, 1.82) is 0 Å². The van der Waals surface area contributed by atoms with Crippen LogP contribution in [0.3, 0.4) is 0 Å². The van der Waals surface area contributed by atoms with E-state index < -0.39 is 5.97 Å². The molecule has 4 heteroatoms. The molecule has 0 fully saturated rings. The second kappa shape index (κ2) is 6.83. The first-order chi connectivity index (χ1) is 10.1. The van der Waals surface area contributed by atoms with Crippen LogP contribution in [0.5, 0.6) is 0 Å². The first-order valence-corrected chi connectivity index (χ1v) is 6.62. The lowest BCUT2D eigenvalue weighted by atomic mass is 10.1. The fraction of sp³-hybridized carbons (Fsp3) is 0.118. The molecule has 0 aliphatic heterocycles. The van der Waals surface area contributed by atoms with E-state index in [9.17, 15) is 4.79 Å². The van der Waals surface area contributed by atoms with Gasteiger partial charge in [-0.15, -0.1) is 6.42 Å². The molecule has 0 aliphatic carbocycles. The number of rotatable bonds is 4. The van der Waals surface area contributed by atoms with Crippen molar-refractivity contribution in [2.45, 2.75) is 6.92 Å². The fourth-order valence-electron chi connectivity index (χ4n) is 1.65.